The average molecular weight is 329 g/mol. The van der Waals surface area contributed by atoms with Crippen molar-refractivity contribution in [2.75, 3.05) is 19.6 Å². The van der Waals surface area contributed by atoms with E-state index < -0.39 is 0 Å². The van der Waals surface area contributed by atoms with E-state index >= 15 is 0 Å². The number of carbonyl (C=O) groups excluding carboxylic acids is 1. The third kappa shape index (κ3) is 2.75. The predicted octanol–water partition coefficient (Wildman–Crippen LogP) is 2.62. The smallest absolute Gasteiger partial charge is 0.257 e. The highest BCUT2D eigenvalue weighted by molar-refractivity contribution is 5.94. The van der Waals surface area contributed by atoms with Crippen molar-refractivity contribution in [3.63, 3.8) is 0 Å². The van der Waals surface area contributed by atoms with Crippen LogP contribution in [0.5, 0.6) is 0 Å². The zero-order chi connectivity index (χ0) is 16.7. The lowest BCUT2D eigenvalue weighted by Crippen LogP contribution is -2.47. The van der Waals surface area contributed by atoms with Gasteiger partial charge in [0, 0.05) is 37.8 Å². The van der Waals surface area contributed by atoms with Gasteiger partial charge < -0.3 is 13.8 Å². The molecule has 5 rings (SSSR count). The Morgan fingerprint density at radius 1 is 1.29 bits per heavy atom. The summed E-state index contributed by atoms with van der Waals surface area (Å²) in [5, 5.41) is 4.06. The molecular formula is C18H23N3O3. The molecule has 3 fully saturated rings. The molecule has 3 aliphatic heterocycles. The molecule has 0 saturated carbocycles. The quantitative estimate of drug-likeness (QED) is 0.866. The molecule has 6 heteroatoms. The van der Waals surface area contributed by atoms with E-state index in [1.807, 2.05) is 18.7 Å². The number of fused-ring (bicyclic) bond motifs is 4. The van der Waals surface area contributed by atoms with Crippen LogP contribution in [0.3, 0.4) is 0 Å². The third-order valence-corrected chi connectivity index (χ3v) is 5.38. The van der Waals surface area contributed by atoms with Gasteiger partial charge in [0.1, 0.15) is 12.0 Å². The molecule has 6 nitrogen and oxygen atoms in total. The molecule has 0 spiro atoms. The molecule has 2 aromatic heterocycles. The number of nitrogens with zero attached hydrogens (tertiary/aromatic N) is 3. The number of amides is 1. The topological polar surface area (TPSA) is 62.7 Å². The van der Waals surface area contributed by atoms with Crippen molar-refractivity contribution >= 4 is 5.91 Å². The Morgan fingerprint density at radius 3 is 2.88 bits per heavy atom. The highest BCUT2D eigenvalue weighted by Crippen LogP contribution is 2.30. The van der Waals surface area contributed by atoms with Crippen LogP contribution >= 0.6 is 0 Å². The maximum atomic E-state index is 12.8. The van der Waals surface area contributed by atoms with Gasteiger partial charge in [0.25, 0.3) is 5.91 Å². The number of furan rings is 1. The van der Waals surface area contributed by atoms with Crippen molar-refractivity contribution in [1.29, 1.82) is 0 Å². The second-order valence-electron chi connectivity index (χ2n) is 7.06. The van der Waals surface area contributed by atoms with Gasteiger partial charge in [-0.3, -0.25) is 9.69 Å². The van der Waals surface area contributed by atoms with Crippen LogP contribution in [0.2, 0.25) is 0 Å². The van der Waals surface area contributed by atoms with Crippen molar-refractivity contribution in [2.45, 2.75) is 39.3 Å². The number of aryl methyl sites for hydroxylation is 2. The summed E-state index contributed by atoms with van der Waals surface area (Å²) in [6, 6.07) is 2.02. The normalized spacial score (nSPS) is 24.3. The Balaban J connectivity index is 1.51. The van der Waals surface area contributed by atoms with Gasteiger partial charge in [0.05, 0.1) is 17.5 Å². The first-order valence-corrected chi connectivity index (χ1v) is 8.59. The summed E-state index contributed by atoms with van der Waals surface area (Å²) < 4.78 is 10.4. The molecule has 0 aliphatic carbocycles. The van der Waals surface area contributed by atoms with Crippen LogP contribution in [0.4, 0.5) is 0 Å². The van der Waals surface area contributed by atoms with E-state index in [4.69, 9.17) is 8.94 Å². The zero-order valence-electron chi connectivity index (χ0n) is 14.2. The van der Waals surface area contributed by atoms with Crippen molar-refractivity contribution in [3.8, 4) is 0 Å². The summed E-state index contributed by atoms with van der Waals surface area (Å²) in [5.74, 6) is 1.52. The van der Waals surface area contributed by atoms with Crippen LogP contribution in [0.15, 0.2) is 27.5 Å². The van der Waals surface area contributed by atoms with Crippen LogP contribution in [0.25, 0.3) is 0 Å². The van der Waals surface area contributed by atoms with Crippen molar-refractivity contribution in [1.82, 2.24) is 15.0 Å². The fourth-order valence-electron chi connectivity index (χ4n) is 4.06. The van der Waals surface area contributed by atoms with Crippen LogP contribution in [0, 0.1) is 19.8 Å². The Morgan fingerprint density at radius 2 is 2.17 bits per heavy atom. The van der Waals surface area contributed by atoms with E-state index in [9.17, 15) is 4.79 Å². The molecule has 2 bridgehead atoms. The van der Waals surface area contributed by atoms with Gasteiger partial charge >= 0.3 is 0 Å². The molecule has 128 valence electrons. The SMILES string of the molecule is Cc1noc(C)c1CN1C[C@H]2CC[C@@H](C1)N(C(=O)c1ccoc1)C2. The zero-order valence-corrected chi connectivity index (χ0v) is 14.2. The largest absolute Gasteiger partial charge is 0.472 e. The van der Waals surface area contributed by atoms with Gasteiger partial charge in [-0.15, -0.1) is 0 Å². The molecule has 1 amide bonds. The van der Waals surface area contributed by atoms with Crippen molar-refractivity contribution in [3.05, 3.63) is 41.2 Å². The van der Waals surface area contributed by atoms with Gasteiger partial charge in [-0.05, 0) is 38.7 Å². The second-order valence-corrected chi connectivity index (χ2v) is 7.06. The number of piperidine rings is 1. The molecule has 0 radical (unpaired) electrons. The molecule has 2 atom stereocenters. The summed E-state index contributed by atoms with van der Waals surface area (Å²) in [5.41, 5.74) is 2.80. The molecule has 0 unspecified atom stereocenters. The van der Waals surface area contributed by atoms with Crippen molar-refractivity contribution < 1.29 is 13.7 Å². The minimum Gasteiger partial charge on any atom is -0.472 e. The van der Waals surface area contributed by atoms with Crippen LogP contribution < -0.4 is 0 Å². The lowest BCUT2D eigenvalue weighted by Gasteiger charge is -2.36. The summed E-state index contributed by atoms with van der Waals surface area (Å²) >= 11 is 0. The maximum absolute atomic E-state index is 12.8. The first kappa shape index (κ1) is 15.4. The molecule has 2 aromatic rings. The molecule has 5 heterocycles. The maximum Gasteiger partial charge on any atom is 0.257 e. The summed E-state index contributed by atoms with van der Waals surface area (Å²) in [6.07, 6.45) is 5.37. The molecular weight excluding hydrogens is 306 g/mol. The number of rotatable bonds is 3. The number of hydrogen-bond acceptors (Lipinski definition) is 5. The highest BCUT2D eigenvalue weighted by atomic mass is 16.5. The molecule has 24 heavy (non-hydrogen) atoms. The number of aromatic nitrogens is 1. The Bertz CT molecular complexity index is 702. The van der Waals surface area contributed by atoms with Crippen LogP contribution in [-0.2, 0) is 6.54 Å². The molecule has 0 N–H and O–H groups in total. The first-order chi connectivity index (χ1) is 11.6. The summed E-state index contributed by atoms with van der Waals surface area (Å²) in [6.45, 7) is 7.58. The average Bonchev–Trinajstić information content (AvgIpc) is 3.11. The van der Waals surface area contributed by atoms with Gasteiger partial charge in [0.15, 0.2) is 0 Å². The Labute approximate surface area is 141 Å². The van der Waals surface area contributed by atoms with E-state index in [-0.39, 0.29) is 11.9 Å². The number of hydrogen-bond donors (Lipinski definition) is 0. The van der Waals surface area contributed by atoms with Crippen LogP contribution in [0.1, 0.15) is 40.2 Å². The van der Waals surface area contributed by atoms with E-state index in [1.165, 1.54) is 12.0 Å². The Kier molecular flexibility index (Phi) is 3.92. The lowest BCUT2D eigenvalue weighted by atomic mass is 9.94. The predicted molar refractivity (Wildman–Crippen MR) is 87.5 cm³/mol. The minimum absolute atomic E-state index is 0.0950. The fraction of sp³-hybridized carbons (Fsp3) is 0.556. The third-order valence-electron chi connectivity index (χ3n) is 5.38. The fourth-order valence-corrected chi connectivity index (χ4v) is 4.06. The monoisotopic (exact) mass is 329 g/mol. The lowest BCUT2D eigenvalue weighted by molar-refractivity contribution is 0.0584. The van der Waals surface area contributed by atoms with E-state index in [2.05, 4.69) is 10.1 Å². The summed E-state index contributed by atoms with van der Waals surface area (Å²) in [7, 11) is 0. The van der Waals surface area contributed by atoms with Crippen LogP contribution in [-0.4, -0.2) is 46.5 Å². The summed E-state index contributed by atoms with van der Waals surface area (Å²) in [4.78, 5) is 17.3. The standard InChI is InChI=1S/C18H23N3O3/c1-12-17(13(2)24-19-12)10-20-7-14-3-4-16(9-20)21(8-14)18(22)15-5-6-23-11-15/h5-6,11,14,16H,3-4,7-10H2,1-2H3/t14-,16+/m1/s1. The molecule has 3 aliphatic rings. The first-order valence-electron chi connectivity index (χ1n) is 8.59. The van der Waals surface area contributed by atoms with Gasteiger partial charge in [-0.1, -0.05) is 5.16 Å². The van der Waals surface area contributed by atoms with E-state index in [0.29, 0.717) is 11.5 Å². The number of carbonyl (C=O) groups is 1. The van der Waals surface area contributed by atoms with Gasteiger partial charge in [-0.25, -0.2) is 0 Å². The van der Waals surface area contributed by atoms with Gasteiger partial charge in [0.2, 0.25) is 0 Å². The molecule has 0 aromatic carbocycles. The second kappa shape index (κ2) is 6.09. The van der Waals surface area contributed by atoms with E-state index in [1.54, 1.807) is 18.6 Å². The molecule has 3 saturated heterocycles. The van der Waals surface area contributed by atoms with Crippen molar-refractivity contribution in [2.24, 2.45) is 5.92 Å². The highest BCUT2D eigenvalue weighted by Gasteiger charge is 2.37. The van der Waals surface area contributed by atoms with E-state index in [0.717, 1.165) is 44.1 Å². The van der Waals surface area contributed by atoms with Gasteiger partial charge in [-0.2, -0.15) is 0 Å². The minimum atomic E-state index is 0.0950. The Hall–Kier alpha value is -2.08.